The number of rotatable bonds is 5. The van der Waals surface area contributed by atoms with Crippen molar-refractivity contribution in [3.63, 3.8) is 0 Å². The van der Waals surface area contributed by atoms with Gasteiger partial charge in [0.25, 0.3) is 5.91 Å². The summed E-state index contributed by atoms with van der Waals surface area (Å²) in [6.45, 7) is 7.04. The molecular formula is C29H27N3OS. The van der Waals surface area contributed by atoms with Gasteiger partial charge in [-0.2, -0.15) is 0 Å². The Morgan fingerprint density at radius 1 is 0.971 bits per heavy atom. The maximum atomic E-state index is 13.4. The molecule has 1 aliphatic heterocycles. The summed E-state index contributed by atoms with van der Waals surface area (Å²) in [4.78, 5) is 15.0. The van der Waals surface area contributed by atoms with Crippen LogP contribution in [0.4, 0.5) is 5.69 Å². The molecule has 1 aromatic heterocycles. The smallest absolute Gasteiger partial charge is 0.281 e. The highest BCUT2D eigenvalue weighted by Crippen LogP contribution is 2.30. The van der Waals surface area contributed by atoms with E-state index in [0.29, 0.717) is 10.8 Å². The van der Waals surface area contributed by atoms with Crippen LogP contribution >= 0.6 is 12.2 Å². The Morgan fingerprint density at radius 2 is 1.76 bits per heavy atom. The molecular weight excluding hydrogens is 438 g/mol. The van der Waals surface area contributed by atoms with Crippen LogP contribution in [0.25, 0.3) is 17.0 Å². The van der Waals surface area contributed by atoms with Crippen molar-refractivity contribution < 1.29 is 4.79 Å². The number of nitrogens with zero attached hydrogens (tertiary/aromatic N) is 2. The average molecular weight is 466 g/mol. The topological polar surface area (TPSA) is 37.3 Å². The lowest BCUT2D eigenvalue weighted by molar-refractivity contribution is -0.113. The van der Waals surface area contributed by atoms with E-state index in [9.17, 15) is 4.79 Å². The van der Waals surface area contributed by atoms with Crippen LogP contribution in [-0.2, 0) is 17.8 Å². The normalized spacial score (nSPS) is 14.9. The second-order valence-electron chi connectivity index (χ2n) is 8.76. The lowest BCUT2D eigenvalue weighted by atomic mass is 10.1. The van der Waals surface area contributed by atoms with E-state index in [-0.39, 0.29) is 5.91 Å². The maximum absolute atomic E-state index is 13.4. The molecule has 5 heteroatoms. The van der Waals surface area contributed by atoms with Crippen molar-refractivity contribution in [2.75, 3.05) is 4.90 Å². The molecule has 2 heterocycles. The SMILES string of the molecule is CCc1cccc2c(/C=C3\NC(=S)N(c4ccc(C)c(C)c4)C3=O)cn(Cc3ccccc3)c12. The number of fused-ring (bicyclic) bond motifs is 1. The summed E-state index contributed by atoms with van der Waals surface area (Å²) in [6, 6.07) is 22.8. The summed E-state index contributed by atoms with van der Waals surface area (Å²) in [5.74, 6) is -0.135. The number of para-hydroxylation sites is 1. The Bertz CT molecular complexity index is 1450. The number of amides is 1. The molecule has 0 saturated carbocycles. The van der Waals surface area contributed by atoms with Gasteiger partial charge in [0.15, 0.2) is 5.11 Å². The number of hydrogen-bond acceptors (Lipinski definition) is 2. The molecule has 3 aromatic carbocycles. The fourth-order valence-electron chi connectivity index (χ4n) is 4.56. The number of aromatic nitrogens is 1. The first-order valence-electron chi connectivity index (χ1n) is 11.6. The molecule has 1 aliphatic rings. The van der Waals surface area contributed by atoms with Crippen molar-refractivity contribution in [1.29, 1.82) is 0 Å². The monoisotopic (exact) mass is 465 g/mol. The zero-order valence-electron chi connectivity index (χ0n) is 19.6. The standard InChI is InChI=1S/C29H27N3OS/c1-4-22-11-8-12-25-23(18-31(27(22)25)17-21-9-6-5-7-10-21)16-26-28(33)32(29(34)30-26)24-14-13-19(2)20(3)15-24/h5-16,18H,4,17H2,1-3H3,(H,30,34)/b26-16-. The van der Waals surface area contributed by atoms with Gasteiger partial charge in [0.05, 0.1) is 11.2 Å². The molecule has 0 radical (unpaired) electrons. The van der Waals surface area contributed by atoms with Crippen molar-refractivity contribution in [1.82, 2.24) is 9.88 Å². The zero-order valence-corrected chi connectivity index (χ0v) is 20.4. The first-order valence-corrected chi connectivity index (χ1v) is 12.0. The molecule has 1 N–H and O–H groups in total. The van der Waals surface area contributed by atoms with Crippen LogP contribution in [0.3, 0.4) is 0 Å². The number of aryl methyl sites for hydroxylation is 3. The van der Waals surface area contributed by atoms with Crippen molar-refractivity contribution in [2.45, 2.75) is 33.7 Å². The third-order valence-corrected chi connectivity index (χ3v) is 6.80. The third kappa shape index (κ3) is 3.93. The summed E-state index contributed by atoms with van der Waals surface area (Å²) in [5, 5.41) is 4.68. The lowest BCUT2D eigenvalue weighted by Gasteiger charge is -2.15. The molecule has 5 rings (SSSR count). The van der Waals surface area contributed by atoms with Gasteiger partial charge in [-0.25, -0.2) is 0 Å². The summed E-state index contributed by atoms with van der Waals surface area (Å²) in [5.41, 5.74) is 8.32. The van der Waals surface area contributed by atoms with Gasteiger partial charge in [-0.3, -0.25) is 9.69 Å². The molecule has 1 amide bonds. The quantitative estimate of drug-likeness (QED) is 0.285. The second-order valence-corrected chi connectivity index (χ2v) is 9.15. The van der Waals surface area contributed by atoms with Gasteiger partial charge in [-0.1, -0.05) is 61.5 Å². The Morgan fingerprint density at radius 3 is 2.50 bits per heavy atom. The van der Waals surface area contributed by atoms with Gasteiger partial charge in [0.2, 0.25) is 0 Å². The number of benzene rings is 3. The number of hydrogen-bond donors (Lipinski definition) is 1. The van der Waals surface area contributed by atoms with Gasteiger partial charge >= 0.3 is 0 Å². The van der Waals surface area contributed by atoms with Crippen LogP contribution in [0.1, 0.15) is 34.7 Å². The van der Waals surface area contributed by atoms with E-state index in [4.69, 9.17) is 12.2 Å². The molecule has 0 atom stereocenters. The van der Waals surface area contributed by atoms with Crippen LogP contribution in [-0.4, -0.2) is 15.6 Å². The summed E-state index contributed by atoms with van der Waals surface area (Å²) in [7, 11) is 0. The molecule has 1 saturated heterocycles. The van der Waals surface area contributed by atoms with Crippen molar-refractivity contribution in [3.05, 3.63) is 106 Å². The van der Waals surface area contributed by atoms with Crippen LogP contribution in [0.5, 0.6) is 0 Å². The Labute approximate surface area is 205 Å². The lowest BCUT2D eigenvalue weighted by Crippen LogP contribution is -2.30. The highest BCUT2D eigenvalue weighted by molar-refractivity contribution is 7.80. The molecule has 34 heavy (non-hydrogen) atoms. The van der Waals surface area contributed by atoms with Crippen molar-refractivity contribution in [2.24, 2.45) is 0 Å². The number of carbonyl (C=O) groups is 1. The highest BCUT2D eigenvalue weighted by atomic mass is 32.1. The maximum Gasteiger partial charge on any atom is 0.281 e. The van der Waals surface area contributed by atoms with Crippen LogP contribution in [0, 0.1) is 13.8 Å². The van der Waals surface area contributed by atoms with E-state index in [1.807, 2.05) is 37.3 Å². The van der Waals surface area contributed by atoms with E-state index in [1.54, 1.807) is 4.90 Å². The predicted molar refractivity (Wildman–Crippen MR) is 144 cm³/mol. The van der Waals surface area contributed by atoms with Crippen LogP contribution in [0.2, 0.25) is 0 Å². The first-order chi connectivity index (χ1) is 16.5. The molecule has 170 valence electrons. The van der Waals surface area contributed by atoms with Crippen molar-refractivity contribution in [3.8, 4) is 0 Å². The minimum atomic E-state index is -0.135. The zero-order chi connectivity index (χ0) is 23.8. The largest absolute Gasteiger partial charge is 0.342 e. The summed E-state index contributed by atoms with van der Waals surface area (Å²) in [6.07, 6.45) is 5.01. The van der Waals surface area contributed by atoms with Gasteiger partial charge in [-0.15, -0.1) is 0 Å². The van der Waals surface area contributed by atoms with E-state index in [1.165, 1.54) is 22.2 Å². The van der Waals surface area contributed by atoms with Gasteiger partial charge in [0, 0.05) is 23.7 Å². The first kappa shape index (κ1) is 22.1. The van der Waals surface area contributed by atoms with Crippen LogP contribution in [0.15, 0.2) is 78.6 Å². The molecule has 1 fully saturated rings. The van der Waals surface area contributed by atoms with E-state index < -0.39 is 0 Å². The Hall–Kier alpha value is -3.70. The predicted octanol–water partition coefficient (Wildman–Crippen LogP) is 6.13. The van der Waals surface area contributed by atoms with Crippen molar-refractivity contribution >= 4 is 45.9 Å². The summed E-state index contributed by atoms with van der Waals surface area (Å²) >= 11 is 5.54. The Balaban J connectivity index is 1.57. The third-order valence-electron chi connectivity index (χ3n) is 6.52. The summed E-state index contributed by atoms with van der Waals surface area (Å²) < 4.78 is 2.29. The second kappa shape index (κ2) is 8.92. The van der Waals surface area contributed by atoms with E-state index in [0.717, 1.165) is 35.2 Å². The number of anilines is 1. The molecule has 0 bridgehead atoms. The highest BCUT2D eigenvalue weighted by Gasteiger charge is 2.32. The minimum absolute atomic E-state index is 0.135. The fraction of sp³-hybridized carbons (Fsp3) is 0.172. The molecule has 4 nitrogen and oxygen atoms in total. The van der Waals surface area contributed by atoms with E-state index in [2.05, 4.69) is 72.4 Å². The number of nitrogens with one attached hydrogen (secondary N) is 1. The Kier molecular flexibility index (Phi) is 5.80. The van der Waals surface area contributed by atoms with Gasteiger partial charge in [0.1, 0.15) is 5.70 Å². The molecule has 0 aliphatic carbocycles. The van der Waals surface area contributed by atoms with Crippen LogP contribution < -0.4 is 10.2 Å². The van der Waals surface area contributed by atoms with E-state index >= 15 is 0 Å². The number of thiocarbonyl (C=S) groups is 1. The molecule has 0 unspecified atom stereocenters. The molecule has 0 spiro atoms. The van der Waals surface area contributed by atoms with Gasteiger partial charge in [-0.05, 0) is 72.9 Å². The fourth-order valence-corrected chi connectivity index (χ4v) is 4.86. The number of carbonyl (C=O) groups excluding carboxylic acids is 1. The average Bonchev–Trinajstić information content (AvgIpc) is 3.32. The van der Waals surface area contributed by atoms with Gasteiger partial charge < -0.3 is 9.88 Å². The minimum Gasteiger partial charge on any atom is -0.342 e. The molecule has 4 aromatic rings.